The van der Waals surface area contributed by atoms with Crippen LogP contribution in [-0.4, -0.2) is 14.3 Å². The van der Waals surface area contributed by atoms with E-state index in [0.29, 0.717) is 16.5 Å². The van der Waals surface area contributed by atoms with E-state index < -0.39 is 0 Å². The van der Waals surface area contributed by atoms with Gasteiger partial charge in [-0.2, -0.15) is 10.4 Å². The molecule has 0 aliphatic carbocycles. The normalized spacial score (nSPS) is 10.9. The minimum Gasteiger partial charge on any atom is -0.345 e. The topological polar surface area (TPSA) is 63.6 Å². The van der Waals surface area contributed by atoms with E-state index in [1.807, 2.05) is 13.8 Å². The van der Waals surface area contributed by atoms with Crippen molar-refractivity contribution in [3.8, 4) is 6.07 Å². The van der Waals surface area contributed by atoms with Crippen molar-refractivity contribution in [2.75, 3.05) is 0 Å². The second kappa shape index (κ2) is 3.49. The number of hydrogen-bond donors (Lipinski definition) is 0. The van der Waals surface area contributed by atoms with E-state index >= 15 is 0 Å². The molecule has 0 bridgehead atoms. The fourth-order valence-electron chi connectivity index (χ4n) is 1.78. The number of nitrogens with zero attached hydrogens (tertiary/aromatic N) is 4. The van der Waals surface area contributed by atoms with E-state index in [2.05, 4.69) is 11.2 Å². The minimum atomic E-state index is -0.156. The van der Waals surface area contributed by atoms with Gasteiger partial charge in [-0.25, -0.2) is 4.68 Å². The number of hydrogen-bond acceptors (Lipinski definition) is 3. The lowest BCUT2D eigenvalue weighted by molar-refractivity contribution is 0.506. The van der Waals surface area contributed by atoms with Gasteiger partial charge in [-0.15, -0.1) is 0 Å². The van der Waals surface area contributed by atoms with E-state index in [0.717, 1.165) is 0 Å². The van der Waals surface area contributed by atoms with E-state index in [1.165, 1.54) is 4.68 Å². The molecule has 5 nitrogen and oxygen atoms in total. The Morgan fingerprint density at radius 3 is 2.75 bits per heavy atom. The molecule has 2 aromatic heterocycles. The summed E-state index contributed by atoms with van der Waals surface area (Å²) in [5.74, 6) is 0. The second-order valence-electron chi connectivity index (χ2n) is 4.02. The molecule has 0 aliphatic rings. The molecule has 0 spiro atoms. The summed E-state index contributed by atoms with van der Waals surface area (Å²) in [5.41, 5.74) is 0.856. The van der Waals surface area contributed by atoms with Crippen molar-refractivity contribution >= 4 is 10.9 Å². The van der Waals surface area contributed by atoms with Crippen molar-refractivity contribution in [1.82, 2.24) is 14.3 Å². The van der Waals surface area contributed by atoms with E-state index in [4.69, 9.17) is 5.26 Å². The Bertz CT molecular complexity index is 642. The average molecular weight is 216 g/mol. The zero-order chi connectivity index (χ0) is 11.9. The van der Waals surface area contributed by atoms with Gasteiger partial charge >= 0.3 is 0 Å². The lowest BCUT2D eigenvalue weighted by Gasteiger charge is -2.07. The summed E-state index contributed by atoms with van der Waals surface area (Å²) in [6.45, 7) is 3.79. The summed E-state index contributed by atoms with van der Waals surface area (Å²) in [6, 6.07) is 2.07. The Morgan fingerprint density at radius 2 is 2.19 bits per heavy atom. The van der Waals surface area contributed by atoms with Gasteiger partial charge in [0.1, 0.15) is 11.6 Å². The largest absolute Gasteiger partial charge is 0.345 e. The van der Waals surface area contributed by atoms with E-state index in [9.17, 15) is 4.79 Å². The van der Waals surface area contributed by atoms with Gasteiger partial charge in [-0.1, -0.05) is 0 Å². The van der Waals surface area contributed by atoms with Crippen molar-refractivity contribution in [3.63, 3.8) is 0 Å². The average Bonchev–Trinajstić information content (AvgIpc) is 2.56. The maximum atomic E-state index is 12.1. The molecule has 0 aliphatic heterocycles. The zero-order valence-electron chi connectivity index (χ0n) is 9.43. The predicted octanol–water partition coefficient (Wildman–Crippen LogP) is 1.19. The first-order chi connectivity index (χ1) is 7.56. The highest BCUT2D eigenvalue weighted by Crippen LogP contribution is 2.15. The van der Waals surface area contributed by atoms with Crippen LogP contribution in [0, 0.1) is 11.3 Å². The Hall–Kier alpha value is -2.09. The molecular weight excluding hydrogens is 204 g/mol. The quantitative estimate of drug-likeness (QED) is 0.719. The molecule has 2 rings (SSSR count). The summed E-state index contributed by atoms with van der Waals surface area (Å²) in [4.78, 5) is 12.1. The number of aromatic nitrogens is 3. The molecule has 0 radical (unpaired) electrons. The molecule has 5 heteroatoms. The first-order valence-electron chi connectivity index (χ1n) is 5.03. The van der Waals surface area contributed by atoms with Crippen LogP contribution in [0.3, 0.4) is 0 Å². The predicted molar refractivity (Wildman–Crippen MR) is 60.1 cm³/mol. The van der Waals surface area contributed by atoms with Gasteiger partial charge in [0.15, 0.2) is 0 Å². The number of rotatable bonds is 1. The third kappa shape index (κ3) is 1.31. The van der Waals surface area contributed by atoms with Crippen molar-refractivity contribution in [2.45, 2.75) is 19.9 Å². The number of fused-ring (bicyclic) bond motifs is 1. The molecule has 0 saturated carbocycles. The van der Waals surface area contributed by atoms with Gasteiger partial charge in [0.05, 0.1) is 17.8 Å². The molecular formula is C11H12N4O. The standard InChI is InChI=1S/C11H12N4O/c1-7(2)15-11(16)10-9(5-13-15)8(4-12)6-14(10)3/h5-7H,1-3H3. The van der Waals surface area contributed by atoms with Crippen LogP contribution in [0.2, 0.25) is 0 Å². The van der Waals surface area contributed by atoms with Crippen LogP contribution in [-0.2, 0) is 7.05 Å². The fraction of sp³-hybridized carbons (Fsp3) is 0.364. The molecule has 0 amide bonds. The van der Waals surface area contributed by atoms with Crippen molar-refractivity contribution < 1.29 is 0 Å². The molecule has 0 saturated heterocycles. The highest BCUT2D eigenvalue weighted by Gasteiger charge is 2.13. The summed E-state index contributed by atoms with van der Waals surface area (Å²) < 4.78 is 3.10. The smallest absolute Gasteiger partial charge is 0.291 e. The lowest BCUT2D eigenvalue weighted by Crippen LogP contribution is -2.25. The SMILES string of the molecule is CC(C)n1ncc2c(C#N)cn(C)c2c1=O. The van der Waals surface area contributed by atoms with Gasteiger partial charge < -0.3 is 4.57 Å². The van der Waals surface area contributed by atoms with Gasteiger partial charge in [0.2, 0.25) is 0 Å². The first kappa shape index (κ1) is 10.4. The fourth-order valence-corrected chi connectivity index (χ4v) is 1.78. The summed E-state index contributed by atoms with van der Waals surface area (Å²) in [7, 11) is 1.76. The van der Waals surface area contributed by atoms with Gasteiger partial charge in [-0.05, 0) is 13.8 Å². The number of nitriles is 1. The Morgan fingerprint density at radius 1 is 1.50 bits per heavy atom. The van der Waals surface area contributed by atoms with Crippen LogP contribution >= 0.6 is 0 Å². The Kier molecular flexibility index (Phi) is 2.27. The zero-order valence-corrected chi connectivity index (χ0v) is 9.43. The molecule has 82 valence electrons. The molecule has 0 unspecified atom stereocenters. The number of aryl methyl sites for hydroxylation is 1. The molecule has 0 fully saturated rings. The van der Waals surface area contributed by atoms with Crippen molar-refractivity contribution in [2.24, 2.45) is 7.05 Å². The molecule has 2 heterocycles. The van der Waals surface area contributed by atoms with Crippen LogP contribution in [0.4, 0.5) is 0 Å². The van der Waals surface area contributed by atoms with Gasteiger partial charge in [-0.3, -0.25) is 4.79 Å². The molecule has 0 aromatic carbocycles. The Balaban J connectivity index is 2.92. The second-order valence-corrected chi connectivity index (χ2v) is 4.02. The van der Waals surface area contributed by atoms with E-state index in [1.54, 1.807) is 24.0 Å². The molecule has 0 atom stereocenters. The molecule has 16 heavy (non-hydrogen) atoms. The maximum absolute atomic E-state index is 12.1. The molecule has 0 N–H and O–H groups in total. The van der Waals surface area contributed by atoms with Crippen LogP contribution in [0.5, 0.6) is 0 Å². The van der Waals surface area contributed by atoms with Crippen LogP contribution in [0.15, 0.2) is 17.2 Å². The van der Waals surface area contributed by atoms with Crippen LogP contribution in [0.25, 0.3) is 10.9 Å². The van der Waals surface area contributed by atoms with Crippen LogP contribution in [0.1, 0.15) is 25.5 Å². The first-order valence-corrected chi connectivity index (χ1v) is 5.03. The summed E-state index contributed by atoms with van der Waals surface area (Å²) in [5, 5.41) is 13.6. The Labute approximate surface area is 92.5 Å². The third-order valence-corrected chi connectivity index (χ3v) is 2.55. The summed E-state index contributed by atoms with van der Waals surface area (Å²) >= 11 is 0. The van der Waals surface area contributed by atoms with Gasteiger partial charge in [0, 0.05) is 18.6 Å². The van der Waals surface area contributed by atoms with Gasteiger partial charge in [0.25, 0.3) is 5.56 Å². The van der Waals surface area contributed by atoms with Crippen LogP contribution < -0.4 is 5.56 Å². The monoisotopic (exact) mass is 216 g/mol. The third-order valence-electron chi connectivity index (χ3n) is 2.55. The lowest BCUT2D eigenvalue weighted by atomic mass is 10.2. The minimum absolute atomic E-state index is 0.0114. The highest BCUT2D eigenvalue weighted by molar-refractivity contribution is 5.84. The maximum Gasteiger partial charge on any atom is 0.291 e. The van der Waals surface area contributed by atoms with Crippen molar-refractivity contribution in [3.05, 3.63) is 28.3 Å². The molecule has 2 aromatic rings. The van der Waals surface area contributed by atoms with E-state index in [-0.39, 0.29) is 11.6 Å². The highest BCUT2D eigenvalue weighted by atomic mass is 16.1. The van der Waals surface area contributed by atoms with Crippen molar-refractivity contribution in [1.29, 1.82) is 5.26 Å². The summed E-state index contributed by atoms with van der Waals surface area (Å²) in [6.07, 6.45) is 3.23.